The molecule has 9 N–H and O–H groups in total. The Hall–Kier alpha value is -1.44. The molecule has 6 unspecified atom stereocenters. The van der Waals surface area contributed by atoms with Gasteiger partial charge in [-0.25, -0.2) is 23.8 Å². The van der Waals surface area contributed by atoms with Crippen LogP contribution >= 0.6 is 35.7 Å². The fourth-order valence-electron chi connectivity index (χ4n) is 4.82. The van der Waals surface area contributed by atoms with Crippen LogP contribution in [0.5, 0.6) is 0 Å². The Morgan fingerprint density at radius 2 is 1.71 bits per heavy atom. The van der Waals surface area contributed by atoms with Crippen molar-refractivity contribution in [1.82, 2.24) is 19.5 Å². The Labute approximate surface area is 302 Å². The summed E-state index contributed by atoms with van der Waals surface area (Å²) in [5.74, 6) is -0.0692. The first kappa shape index (κ1) is 40.3. The van der Waals surface area contributed by atoms with Gasteiger partial charge in [0.05, 0.1) is 25.1 Å². The summed E-state index contributed by atoms with van der Waals surface area (Å²) in [7, 11) is -16.8. The zero-order valence-electron chi connectivity index (χ0n) is 24.9. The third-order valence-corrected chi connectivity index (χ3v) is 10.3. The van der Waals surface area contributed by atoms with E-state index >= 15 is 0 Å². The van der Waals surface area contributed by atoms with Crippen molar-refractivity contribution in [1.29, 1.82) is 0 Å². The van der Waals surface area contributed by atoms with Gasteiger partial charge in [0, 0.05) is 6.07 Å². The van der Waals surface area contributed by atoms with E-state index in [0.717, 1.165) is 17.2 Å². The fourth-order valence-corrected chi connectivity index (χ4v) is 7.53. The van der Waals surface area contributed by atoms with E-state index in [1.807, 2.05) is 0 Å². The summed E-state index contributed by atoms with van der Waals surface area (Å²) in [5, 5.41) is 31.5. The van der Waals surface area contributed by atoms with Crippen LogP contribution in [0.25, 0.3) is 11.2 Å². The van der Waals surface area contributed by atoms with Crippen molar-refractivity contribution in [3.8, 4) is 0 Å². The number of nitrogens with two attached hydrogens (primary N) is 2. The van der Waals surface area contributed by atoms with Crippen LogP contribution in [0.3, 0.4) is 0 Å². The Morgan fingerprint density at radius 3 is 2.39 bits per heavy atom. The van der Waals surface area contributed by atoms with Gasteiger partial charge in [0.15, 0.2) is 36.2 Å². The molecule has 11 atom stereocenters. The first-order chi connectivity index (χ1) is 22.4. The molecule has 264 valence electrons. The summed E-state index contributed by atoms with van der Waals surface area (Å²) in [4.78, 5) is 55.0. The van der Waals surface area contributed by atoms with Gasteiger partial charge in [-0.15, -0.1) is 0 Å². The third kappa shape index (κ3) is 9.52. The van der Waals surface area contributed by atoms with Crippen molar-refractivity contribution in [2.24, 2.45) is 5.73 Å². The number of aliphatic hydroxyl groups excluding tert-OH is 3. The minimum Gasteiger partial charge on any atom is -0.756 e. The first-order valence-electron chi connectivity index (χ1n) is 13.3. The number of hydrogen-bond acceptors (Lipinski definition) is 19. The Morgan fingerprint density at radius 1 is 1.04 bits per heavy atom. The maximum atomic E-state index is 12.5. The molecule has 0 saturated carbocycles. The molecular formula is C21H27N7NaO16P3S. The number of pyridine rings is 1. The fraction of sp³-hybridized carbons (Fsp3) is 0.476. The molecule has 2 fully saturated rings. The van der Waals surface area contributed by atoms with E-state index in [2.05, 4.69) is 32.8 Å². The van der Waals surface area contributed by atoms with Crippen LogP contribution in [0, 0.1) is 0 Å². The van der Waals surface area contributed by atoms with Crippen LogP contribution in [0.2, 0.25) is 0 Å². The van der Waals surface area contributed by atoms with Crippen molar-refractivity contribution in [3.63, 3.8) is 0 Å². The van der Waals surface area contributed by atoms with Gasteiger partial charge in [-0.05, 0) is 6.07 Å². The molecular weight excluding hydrogens is 754 g/mol. The zero-order chi connectivity index (χ0) is 35.2. The summed E-state index contributed by atoms with van der Waals surface area (Å²) in [6.45, 7) is -2.09. The first-order valence-corrected chi connectivity index (χ1v) is 18.2. The molecule has 23 nitrogen and oxygen atoms in total. The number of nitrogen functional groups attached to an aromatic ring is 1. The number of rotatable bonds is 13. The van der Waals surface area contributed by atoms with Crippen molar-refractivity contribution >= 4 is 57.7 Å². The number of anilines is 1. The van der Waals surface area contributed by atoms with Gasteiger partial charge in [0.1, 0.15) is 47.4 Å². The largest absolute Gasteiger partial charge is 1.00 e. The van der Waals surface area contributed by atoms with Crippen LogP contribution < -0.4 is 55.4 Å². The summed E-state index contributed by atoms with van der Waals surface area (Å²) in [5.41, 5.74) is 11.8. The number of fused-ring (bicyclic) bond motifs is 1. The van der Waals surface area contributed by atoms with Gasteiger partial charge in [-0.2, -0.15) is 4.57 Å². The van der Waals surface area contributed by atoms with E-state index in [1.165, 1.54) is 23.0 Å². The van der Waals surface area contributed by atoms with Crippen molar-refractivity contribution in [3.05, 3.63) is 42.7 Å². The minimum atomic E-state index is -5.70. The number of phosphoric ester groups is 3. The monoisotopic (exact) mass is 781 g/mol. The Bertz CT molecular complexity index is 1820. The second-order valence-corrected chi connectivity index (χ2v) is 14.8. The standard InChI is InChI=1S/C21H28N7O16P3S.Na/c22-17-12-19(25-7-24-17)28(8-26-12)21-16(43-45(32,33)34)14(30)11(42-21)6-40-47(37,38)44-46(35,36)39-5-10-13(29)15(31)20(41-10)27-3-1-2-9(4-27)18(23)48;/h1-4,7-8,10-11,13-16,20-21,29-31H,5-6H2,(H7-,22,23,24,25,32,33,34,35,36,37,38,48);/q;+1/p-1/t10-,11+,13?,14?,15?,16+,20+,21+;/m0./s1. The van der Waals surface area contributed by atoms with Gasteiger partial charge in [-0.3, -0.25) is 18.2 Å². The van der Waals surface area contributed by atoms with Crippen molar-refractivity contribution in [2.75, 3.05) is 18.9 Å². The topological polar surface area (TPSA) is 353 Å². The van der Waals surface area contributed by atoms with Gasteiger partial charge in [-0.1, -0.05) is 12.2 Å². The van der Waals surface area contributed by atoms with Crippen LogP contribution in [0.15, 0.2) is 37.2 Å². The molecule has 2 aliphatic heterocycles. The number of imidazole rings is 1. The zero-order valence-corrected chi connectivity index (χ0v) is 30.4. The quantitative estimate of drug-likeness (QED) is 0.0367. The number of aromatic nitrogens is 5. The van der Waals surface area contributed by atoms with Gasteiger partial charge in [0.2, 0.25) is 0 Å². The predicted molar refractivity (Wildman–Crippen MR) is 153 cm³/mol. The summed E-state index contributed by atoms with van der Waals surface area (Å²) < 4.78 is 67.9. The molecule has 0 radical (unpaired) electrons. The molecule has 49 heavy (non-hydrogen) atoms. The average Bonchev–Trinajstić information content (AvgIpc) is 3.64. The predicted octanol–water partition coefficient (Wildman–Crippen LogP) is -6.62. The van der Waals surface area contributed by atoms with Crippen molar-refractivity contribution in [2.45, 2.75) is 49.1 Å². The van der Waals surface area contributed by atoms with E-state index in [0.29, 0.717) is 5.56 Å². The maximum Gasteiger partial charge on any atom is 1.00 e. The molecule has 2 aliphatic rings. The van der Waals surface area contributed by atoms with Crippen molar-refractivity contribution < 1.29 is 110 Å². The van der Waals surface area contributed by atoms with Crippen LogP contribution in [-0.2, 0) is 41.1 Å². The molecule has 3 aromatic rings. The molecule has 0 aromatic carbocycles. The molecule has 28 heteroatoms. The Kier molecular flexibility index (Phi) is 12.9. The number of hydrogen-bond donors (Lipinski definition) is 7. The SMILES string of the molecule is NC(=S)c1ccc[n+]([C@@H]2O[C@@H](COP(=O)([O-])OP(=O)(O)OC[C@H]3O[C@@H](n4cnc5c(N)ncnc54)[C@H](OP(=O)([O-])O)C3O)C(O)C2O)c1.[Na+]. The molecule has 2 saturated heterocycles. The summed E-state index contributed by atoms with van der Waals surface area (Å²) >= 11 is 4.91. The number of phosphoric acid groups is 3. The van der Waals surface area contributed by atoms with Gasteiger partial charge >= 0.3 is 37.4 Å². The normalized spacial score (nSPS) is 30.7. The number of aliphatic hydroxyl groups is 3. The van der Waals surface area contributed by atoms with Crippen LogP contribution in [0.4, 0.5) is 5.82 Å². The van der Waals surface area contributed by atoms with E-state index in [-0.39, 0.29) is 51.5 Å². The molecule has 0 spiro atoms. The molecule has 3 aromatic heterocycles. The molecule has 0 bridgehead atoms. The van der Waals surface area contributed by atoms with E-state index in [4.69, 9.17) is 33.2 Å². The van der Waals surface area contributed by atoms with E-state index in [1.54, 1.807) is 6.07 Å². The summed E-state index contributed by atoms with van der Waals surface area (Å²) in [6, 6.07) is 3.11. The average molecular weight is 781 g/mol. The second kappa shape index (κ2) is 15.7. The summed E-state index contributed by atoms with van der Waals surface area (Å²) in [6.07, 6.45) is -8.19. The molecule has 0 aliphatic carbocycles. The van der Waals surface area contributed by atoms with Gasteiger partial charge in [0.25, 0.3) is 21.9 Å². The minimum absolute atomic E-state index is 0. The maximum absolute atomic E-state index is 12.5. The number of nitrogens with zero attached hydrogens (tertiary/aromatic N) is 5. The van der Waals surface area contributed by atoms with Crippen LogP contribution in [0.1, 0.15) is 18.0 Å². The number of ether oxygens (including phenoxy) is 2. The van der Waals surface area contributed by atoms with E-state index in [9.17, 15) is 48.6 Å². The molecule has 0 amide bonds. The molecule has 5 rings (SSSR count). The second-order valence-electron chi connectivity index (χ2n) is 10.2. The van der Waals surface area contributed by atoms with Crippen LogP contribution in [-0.4, -0.2) is 99.5 Å². The number of thiocarbonyl (C=S) groups is 1. The smallest absolute Gasteiger partial charge is 0.756 e. The molecule has 5 heterocycles. The van der Waals surface area contributed by atoms with Gasteiger partial charge < -0.3 is 64.9 Å². The van der Waals surface area contributed by atoms with E-state index < -0.39 is 85.8 Å². The third-order valence-electron chi connectivity index (χ3n) is 6.97. The Balaban J connectivity index is 0.00000541.